The zero-order valence-electron chi connectivity index (χ0n) is 18.2. The first-order valence-electron chi connectivity index (χ1n) is 10.1. The van der Waals surface area contributed by atoms with E-state index in [0.717, 1.165) is 22.7 Å². The lowest BCUT2D eigenvalue weighted by Gasteiger charge is -2.31. The topological polar surface area (TPSA) is 86.8 Å². The van der Waals surface area contributed by atoms with E-state index in [2.05, 4.69) is 5.32 Å². The van der Waals surface area contributed by atoms with Crippen LogP contribution in [0.5, 0.6) is 0 Å². The van der Waals surface area contributed by atoms with Crippen LogP contribution in [0.3, 0.4) is 0 Å². The van der Waals surface area contributed by atoms with Gasteiger partial charge in [0.2, 0.25) is 21.8 Å². The molecule has 0 unspecified atom stereocenters. The predicted octanol–water partition coefficient (Wildman–Crippen LogP) is 2.67. The Morgan fingerprint density at radius 3 is 2.03 bits per heavy atom. The smallest absolute Gasteiger partial charge is 0.244 e. The lowest BCUT2D eigenvalue weighted by molar-refractivity contribution is -0.139. The summed E-state index contributed by atoms with van der Waals surface area (Å²) < 4.78 is 52.1. The first-order chi connectivity index (χ1) is 15.0. The van der Waals surface area contributed by atoms with Crippen LogP contribution in [0, 0.1) is 11.6 Å². The third-order valence-electron chi connectivity index (χ3n) is 4.78. The first kappa shape index (κ1) is 25.3. The van der Waals surface area contributed by atoms with Crippen molar-refractivity contribution in [1.29, 1.82) is 0 Å². The molecule has 0 radical (unpaired) electrons. The molecule has 0 aliphatic carbocycles. The van der Waals surface area contributed by atoms with Crippen molar-refractivity contribution in [3.05, 3.63) is 65.7 Å². The van der Waals surface area contributed by atoms with Gasteiger partial charge in [0.25, 0.3) is 0 Å². The van der Waals surface area contributed by atoms with Gasteiger partial charge >= 0.3 is 0 Å². The van der Waals surface area contributed by atoms with Crippen molar-refractivity contribution >= 4 is 27.5 Å². The molecule has 0 aromatic heterocycles. The number of nitrogens with one attached hydrogen (secondary N) is 1. The number of sulfonamides is 1. The minimum atomic E-state index is -3.88. The van der Waals surface area contributed by atoms with Crippen LogP contribution in [0.4, 0.5) is 14.5 Å². The molecule has 0 aliphatic rings. The molecule has 1 atom stereocenters. The fraction of sp³-hybridized carbons (Fsp3) is 0.364. The monoisotopic (exact) mass is 467 g/mol. The molecule has 0 heterocycles. The number of carbonyl (C=O) groups excluding carboxylic acids is 2. The molecular formula is C22H27F2N3O4S. The predicted molar refractivity (Wildman–Crippen MR) is 118 cm³/mol. The summed E-state index contributed by atoms with van der Waals surface area (Å²) in [4.78, 5) is 27.0. The van der Waals surface area contributed by atoms with E-state index in [9.17, 15) is 26.8 Å². The van der Waals surface area contributed by atoms with Crippen LogP contribution in [0.2, 0.25) is 0 Å². The number of halogens is 2. The molecule has 0 saturated heterocycles. The van der Waals surface area contributed by atoms with Gasteiger partial charge in [-0.15, -0.1) is 0 Å². The van der Waals surface area contributed by atoms with Crippen LogP contribution in [0.15, 0.2) is 48.5 Å². The van der Waals surface area contributed by atoms with Gasteiger partial charge in [0.05, 0.1) is 11.9 Å². The van der Waals surface area contributed by atoms with Crippen molar-refractivity contribution in [2.45, 2.75) is 32.9 Å². The minimum Gasteiger partial charge on any atom is -0.354 e. The van der Waals surface area contributed by atoms with E-state index < -0.39 is 46.1 Å². The van der Waals surface area contributed by atoms with Crippen molar-refractivity contribution in [2.75, 3.05) is 23.7 Å². The van der Waals surface area contributed by atoms with E-state index in [-0.39, 0.29) is 12.2 Å². The standard InChI is InChI=1S/C22H27F2N3O4S/c1-4-13-25-22(29)16(2)26(14-17-5-7-18(23)8-6-17)21(28)15-27(32(3,30)31)20-11-9-19(24)10-12-20/h5-12,16H,4,13-15H2,1-3H3,(H,25,29)/t16-/m0/s1. The molecule has 0 bridgehead atoms. The summed E-state index contributed by atoms with van der Waals surface area (Å²) >= 11 is 0. The van der Waals surface area contributed by atoms with Gasteiger partial charge in [-0.05, 0) is 55.3 Å². The maximum Gasteiger partial charge on any atom is 0.244 e. The molecule has 1 N–H and O–H groups in total. The molecule has 2 aromatic carbocycles. The highest BCUT2D eigenvalue weighted by Crippen LogP contribution is 2.19. The SMILES string of the molecule is CCCNC(=O)[C@H](C)N(Cc1ccc(F)cc1)C(=O)CN(c1ccc(F)cc1)S(C)(=O)=O. The zero-order chi connectivity index (χ0) is 23.9. The normalized spacial score (nSPS) is 12.2. The molecule has 2 aromatic rings. The van der Waals surface area contributed by atoms with E-state index in [1.807, 2.05) is 6.92 Å². The molecule has 2 amide bonds. The molecule has 7 nitrogen and oxygen atoms in total. The molecule has 32 heavy (non-hydrogen) atoms. The summed E-state index contributed by atoms with van der Waals surface area (Å²) in [6.45, 7) is 3.23. The highest BCUT2D eigenvalue weighted by atomic mass is 32.2. The van der Waals surface area contributed by atoms with Crippen LogP contribution in [0.25, 0.3) is 0 Å². The van der Waals surface area contributed by atoms with Crippen molar-refractivity contribution < 1.29 is 26.8 Å². The number of amides is 2. The van der Waals surface area contributed by atoms with Crippen LogP contribution >= 0.6 is 0 Å². The summed E-state index contributed by atoms with van der Waals surface area (Å²) in [7, 11) is -3.88. The van der Waals surface area contributed by atoms with Gasteiger partial charge in [-0.1, -0.05) is 19.1 Å². The van der Waals surface area contributed by atoms with Gasteiger partial charge in [0.1, 0.15) is 24.2 Å². The lowest BCUT2D eigenvalue weighted by atomic mass is 10.1. The number of carbonyl (C=O) groups is 2. The molecule has 0 fully saturated rings. The molecule has 0 saturated carbocycles. The van der Waals surface area contributed by atoms with Gasteiger partial charge in [-0.3, -0.25) is 13.9 Å². The van der Waals surface area contributed by atoms with Crippen molar-refractivity contribution in [2.24, 2.45) is 0 Å². The van der Waals surface area contributed by atoms with Gasteiger partial charge < -0.3 is 10.2 Å². The van der Waals surface area contributed by atoms with Gasteiger partial charge in [0, 0.05) is 13.1 Å². The van der Waals surface area contributed by atoms with Gasteiger partial charge in [-0.25, -0.2) is 17.2 Å². The van der Waals surface area contributed by atoms with E-state index >= 15 is 0 Å². The zero-order valence-corrected chi connectivity index (χ0v) is 19.0. The van der Waals surface area contributed by atoms with Crippen LogP contribution in [-0.2, 0) is 26.2 Å². The first-order valence-corrected chi connectivity index (χ1v) is 11.9. The van der Waals surface area contributed by atoms with E-state index in [1.165, 1.54) is 48.2 Å². The average Bonchev–Trinajstić information content (AvgIpc) is 2.74. The van der Waals surface area contributed by atoms with E-state index in [0.29, 0.717) is 18.5 Å². The maximum absolute atomic E-state index is 13.3. The second kappa shape index (κ2) is 11.0. The Hall–Kier alpha value is -3.01. The third kappa shape index (κ3) is 7.01. The lowest BCUT2D eigenvalue weighted by Crippen LogP contribution is -2.51. The molecule has 0 spiro atoms. The van der Waals surface area contributed by atoms with E-state index in [4.69, 9.17) is 0 Å². The van der Waals surface area contributed by atoms with Crippen molar-refractivity contribution in [3.8, 4) is 0 Å². The molecule has 174 valence electrons. The summed E-state index contributed by atoms with van der Waals surface area (Å²) in [6.07, 6.45) is 1.64. The number of benzene rings is 2. The van der Waals surface area contributed by atoms with Crippen LogP contribution in [-0.4, -0.2) is 50.5 Å². The van der Waals surface area contributed by atoms with Gasteiger partial charge in [-0.2, -0.15) is 0 Å². The fourth-order valence-corrected chi connectivity index (χ4v) is 3.84. The summed E-state index contributed by atoms with van der Waals surface area (Å²) in [5.41, 5.74) is 0.689. The summed E-state index contributed by atoms with van der Waals surface area (Å²) in [6, 6.07) is 9.23. The Morgan fingerprint density at radius 2 is 1.53 bits per heavy atom. The molecule has 10 heteroatoms. The van der Waals surface area contributed by atoms with Crippen LogP contribution in [0.1, 0.15) is 25.8 Å². The number of anilines is 1. The van der Waals surface area contributed by atoms with Crippen molar-refractivity contribution in [1.82, 2.24) is 10.2 Å². The Labute approximate surface area is 187 Å². The second-order valence-corrected chi connectivity index (χ2v) is 9.27. The molecule has 0 aliphatic heterocycles. The Kier molecular flexibility index (Phi) is 8.71. The van der Waals surface area contributed by atoms with Crippen LogP contribution < -0.4 is 9.62 Å². The maximum atomic E-state index is 13.3. The third-order valence-corrected chi connectivity index (χ3v) is 5.92. The highest BCUT2D eigenvalue weighted by Gasteiger charge is 2.30. The molecular weight excluding hydrogens is 440 g/mol. The number of hydrogen-bond acceptors (Lipinski definition) is 4. The number of nitrogens with zero attached hydrogens (tertiary/aromatic N) is 2. The van der Waals surface area contributed by atoms with Crippen molar-refractivity contribution in [3.63, 3.8) is 0 Å². The fourth-order valence-electron chi connectivity index (χ4n) is 2.99. The Bertz CT molecular complexity index is 1030. The number of rotatable bonds is 10. The Balaban J connectivity index is 2.34. The summed E-state index contributed by atoms with van der Waals surface area (Å²) in [5, 5.41) is 2.72. The quantitative estimate of drug-likeness (QED) is 0.582. The minimum absolute atomic E-state index is 0.0269. The number of hydrogen-bond donors (Lipinski definition) is 1. The summed E-state index contributed by atoms with van der Waals surface area (Å²) in [5.74, 6) is -2.02. The second-order valence-electron chi connectivity index (χ2n) is 7.36. The molecule has 2 rings (SSSR count). The Morgan fingerprint density at radius 1 is 1.00 bits per heavy atom. The van der Waals surface area contributed by atoms with E-state index in [1.54, 1.807) is 0 Å². The largest absolute Gasteiger partial charge is 0.354 e. The van der Waals surface area contributed by atoms with Gasteiger partial charge in [0.15, 0.2) is 0 Å². The highest BCUT2D eigenvalue weighted by molar-refractivity contribution is 7.92. The average molecular weight is 468 g/mol.